The molecule has 4 rings (SSSR count). The molecular weight excluding hydrogens is 449 g/mol. The van der Waals surface area contributed by atoms with Crippen molar-refractivity contribution in [1.82, 2.24) is 10.6 Å². The number of fused-ring (bicyclic) bond motifs is 2. The van der Waals surface area contributed by atoms with Gasteiger partial charge in [0.25, 0.3) is 0 Å². The van der Waals surface area contributed by atoms with Crippen molar-refractivity contribution >= 4 is 41.5 Å². The summed E-state index contributed by atoms with van der Waals surface area (Å²) in [5, 5.41) is 7.80. The van der Waals surface area contributed by atoms with Crippen molar-refractivity contribution in [3.8, 4) is 0 Å². The largest absolute Gasteiger partial charge is 0.373 e. The van der Waals surface area contributed by atoms with Crippen molar-refractivity contribution in [2.24, 2.45) is 4.99 Å². The Morgan fingerprint density at radius 3 is 2.80 bits per heavy atom. The lowest BCUT2D eigenvalue weighted by Crippen LogP contribution is -2.47. The van der Waals surface area contributed by atoms with Gasteiger partial charge in [-0.25, -0.2) is 0 Å². The predicted octanol–water partition coefficient (Wildman–Crippen LogP) is 3.86. The highest BCUT2D eigenvalue weighted by Crippen LogP contribution is 2.48. The molecule has 0 aromatic heterocycles. The van der Waals surface area contributed by atoms with E-state index in [1.807, 2.05) is 12.1 Å². The third kappa shape index (κ3) is 4.25. The highest BCUT2D eigenvalue weighted by molar-refractivity contribution is 14.0. The molecule has 2 aliphatic heterocycles. The zero-order valence-electron chi connectivity index (χ0n) is 14.6. The highest BCUT2D eigenvalue weighted by Gasteiger charge is 2.44. The third-order valence-electron chi connectivity index (χ3n) is 5.60. The Balaban J connectivity index is 0.00000182. The van der Waals surface area contributed by atoms with E-state index in [0.717, 1.165) is 30.5 Å². The summed E-state index contributed by atoms with van der Waals surface area (Å²) in [7, 11) is 0. The fraction of sp³-hybridized carbons (Fsp3) is 0.632. The zero-order chi connectivity index (χ0) is 16.6. The maximum Gasteiger partial charge on any atom is 0.191 e. The van der Waals surface area contributed by atoms with Crippen molar-refractivity contribution in [2.75, 3.05) is 13.1 Å². The smallest absolute Gasteiger partial charge is 0.191 e. The minimum absolute atomic E-state index is 0. The van der Waals surface area contributed by atoms with E-state index in [1.54, 1.807) is 0 Å². The summed E-state index contributed by atoms with van der Waals surface area (Å²) >= 11 is 6.17. The minimum Gasteiger partial charge on any atom is -0.373 e. The summed E-state index contributed by atoms with van der Waals surface area (Å²) in [6, 6.07) is 8.65. The van der Waals surface area contributed by atoms with Crippen molar-refractivity contribution in [3.63, 3.8) is 0 Å². The molecule has 1 aliphatic carbocycles. The molecule has 3 atom stereocenters. The number of hydrogen-bond acceptors (Lipinski definition) is 2. The van der Waals surface area contributed by atoms with E-state index in [1.165, 1.54) is 31.2 Å². The van der Waals surface area contributed by atoms with E-state index in [-0.39, 0.29) is 29.4 Å². The molecule has 6 heteroatoms. The summed E-state index contributed by atoms with van der Waals surface area (Å²) in [6.45, 7) is 3.79. The van der Waals surface area contributed by atoms with Gasteiger partial charge in [-0.2, -0.15) is 0 Å². The molecule has 1 aromatic carbocycles. The molecule has 25 heavy (non-hydrogen) atoms. The average Bonchev–Trinajstić information content (AvgIpc) is 3.09. The molecule has 1 aromatic rings. The van der Waals surface area contributed by atoms with Crippen LogP contribution < -0.4 is 10.6 Å². The van der Waals surface area contributed by atoms with E-state index in [9.17, 15) is 0 Å². The number of nitrogens with one attached hydrogen (secondary N) is 2. The predicted molar refractivity (Wildman–Crippen MR) is 113 cm³/mol. The van der Waals surface area contributed by atoms with Gasteiger partial charge in [-0.3, -0.25) is 4.99 Å². The second kappa shape index (κ2) is 8.01. The van der Waals surface area contributed by atoms with E-state index >= 15 is 0 Å². The summed E-state index contributed by atoms with van der Waals surface area (Å²) < 4.78 is 5.94. The van der Waals surface area contributed by atoms with Crippen LogP contribution in [-0.2, 0) is 10.2 Å². The van der Waals surface area contributed by atoms with Gasteiger partial charge >= 0.3 is 0 Å². The lowest BCUT2D eigenvalue weighted by molar-refractivity contribution is 0.0992. The number of aliphatic imine (C=N–C) groups is 1. The fourth-order valence-electron chi connectivity index (χ4n) is 4.02. The second-order valence-corrected chi connectivity index (χ2v) is 7.78. The monoisotopic (exact) mass is 475 g/mol. The lowest BCUT2D eigenvalue weighted by Gasteiger charge is -2.23. The topological polar surface area (TPSA) is 45.7 Å². The first-order valence-corrected chi connectivity index (χ1v) is 9.53. The number of guanidine groups is 1. The van der Waals surface area contributed by atoms with Crippen LogP contribution in [-0.4, -0.2) is 37.3 Å². The van der Waals surface area contributed by atoms with Gasteiger partial charge in [0.2, 0.25) is 0 Å². The first-order valence-electron chi connectivity index (χ1n) is 9.15. The van der Waals surface area contributed by atoms with Gasteiger partial charge in [-0.05, 0) is 56.7 Å². The molecule has 4 nitrogen and oxygen atoms in total. The van der Waals surface area contributed by atoms with Crippen molar-refractivity contribution in [1.29, 1.82) is 0 Å². The van der Waals surface area contributed by atoms with Gasteiger partial charge in [0.1, 0.15) is 0 Å². The van der Waals surface area contributed by atoms with Gasteiger partial charge in [-0.1, -0.05) is 23.7 Å². The van der Waals surface area contributed by atoms with Crippen LogP contribution in [0.2, 0.25) is 5.02 Å². The molecule has 138 valence electrons. The molecule has 3 fully saturated rings. The average molecular weight is 476 g/mol. The van der Waals surface area contributed by atoms with Gasteiger partial charge in [0, 0.05) is 17.0 Å². The Hall–Kier alpha value is -0.530. The van der Waals surface area contributed by atoms with E-state index in [0.29, 0.717) is 18.2 Å². The normalized spacial score (nSPS) is 29.2. The summed E-state index contributed by atoms with van der Waals surface area (Å²) in [5.74, 6) is 0.923. The second-order valence-electron chi connectivity index (χ2n) is 7.35. The number of hydrogen-bond donors (Lipinski definition) is 2. The molecule has 1 saturated carbocycles. The maximum atomic E-state index is 6.17. The fourth-order valence-corrected chi connectivity index (χ4v) is 4.21. The zero-order valence-corrected chi connectivity index (χ0v) is 17.7. The third-order valence-corrected chi connectivity index (χ3v) is 5.84. The van der Waals surface area contributed by atoms with Crippen LogP contribution in [0.3, 0.4) is 0 Å². The van der Waals surface area contributed by atoms with Crippen LogP contribution in [0, 0.1) is 0 Å². The van der Waals surface area contributed by atoms with Crippen LogP contribution in [0.15, 0.2) is 29.3 Å². The van der Waals surface area contributed by atoms with Gasteiger partial charge < -0.3 is 15.4 Å². The molecule has 2 heterocycles. The maximum absolute atomic E-state index is 6.17. The van der Waals surface area contributed by atoms with Crippen LogP contribution in [0.5, 0.6) is 0 Å². The molecule has 0 radical (unpaired) electrons. The number of halogens is 2. The van der Waals surface area contributed by atoms with Crippen molar-refractivity contribution in [2.45, 2.75) is 62.7 Å². The van der Waals surface area contributed by atoms with E-state index in [4.69, 9.17) is 21.3 Å². The van der Waals surface area contributed by atoms with Crippen LogP contribution >= 0.6 is 35.6 Å². The standard InChI is InChI=1S/C19H26ClN3O.HI/c1-2-21-18(23-16-11-15-6-7-17(16)24-15)22-12-19(8-9-19)13-4-3-5-14(20)10-13;/h3-5,10,15-17H,2,6-9,11-12H2,1H3,(H2,21,22,23);1H. The quantitative estimate of drug-likeness (QED) is 0.386. The molecule has 0 spiro atoms. The number of nitrogens with zero attached hydrogens (tertiary/aromatic N) is 1. The first kappa shape index (κ1) is 19.2. The Morgan fingerprint density at radius 1 is 1.36 bits per heavy atom. The summed E-state index contributed by atoms with van der Waals surface area (Å²) in [6.07, 6.45) is 6.69. The number of benzene rings is 1. The molecular formula is C19H27ClIN3O. The molecule has 3 unspecified atom stereocenters. The number of rotatable bonds is 5. The SMILES string of the molecule is CCNC(=NCC1(c2cccc(Cl)c2)CC1)NC1CC2CCC1O2.I. The van der Waals surface area contributed by atoms with Crippen molar-refractivity contribution < 1.29 is 4.74 Å². The molecule has 2 N–H and O–H groups in total. The van der Waals surface area contributed by atoms with Gasteiger partial charge in [0.05, 0.1) is 24.8 Å². The molecule has 2 bridgehead atoms. The Kier molecular flexibility index (Phi) is 6.16. The van der Waals surface area contributed by atoms with Crippen LogP contribution in [0.25, 0.3) is 0 Å². The van der Waals surface area contributed by atoms with E-state index < -0.39 is 0 Å². The summed E-state index contributed by atoms with van der Waals surface area (Å²) in [5.41, 5.74) is 1.50. The van der Waals surface area contributed by atoms with E-state index in [2.05, 4.69) is 29.7 Å². The Bertz CT molecular complexity index is 635. The first-order chi connectivity index (χ1) is 11.7. The van der Waals surface area contributed by atoms with Crippen molar-refractivity contribution in [3.05, 3.63) is 34.9 Å². The molecule has 0 amide bonds. The number of ether oxygens (including phenoxy) is 1. The lowest BCUT2D eigenvalue weighted by atomic mass is 9.95. The van der Waals surface area contributed by atoms with Crippen LogP contribution in [0.1, 0.15) is 44.6 Å². The highest BCUT2D eigenvalue weighted by atomic mass is 127. The Morgan fingerprint density at radius 2 is 2.20 bits per heavy atom. The summed E-state index contributed by atoms with van der Waals surface area (Å²) in [4.78, 5) is 4.90. The molecule has 2 saturated heterocycles. The molecule has 3 aliphatic rings. The van der Waals surface area contributed by atoms with Crippen LogP contribution in [0.4, 0.5) is 0 Å². The van der Waals surface area contributed by atoms with Gasteiger partial charge in [0.15, 0.2) is 5.96 Å². The minimum atomic E-state index is 0. The van der Waals surface area contributed by atoms with Gasteiger partial charge in [-0.15, -0.1) is 24.0 Å². The Labute approximate surface area is 172 Å².